The van der Waals surface area contributed by atoms with Gasteiger partial charge in [-0.1, -0.05) is 0 Å². The summed E-state index contributed by atoms with van der Waals surface area (Å²) < 4.78 is 4.47. The standard InChI is InChI=1S/C13H20N2O4S/c1-8(9-5-4-6-19-9)15-10(16)7-20-13(2,3)11(14)12(17)18/h4-6,8,11H,7,14H2,1-3H3,(H,15,16)(H,17,18)/t8?,11-/m0/s1. The molecule has 0 aliphatic carbocycles. The molecule has 0 fully saturated rings. The lowest BCUT2D eigenvalue weighted by Crippen LogP contribution is -2.47. The lowest BCUT2D eigenvalue weighted by molar-refractivity contribution is -0.139. The van der Waals surface area contributed by atoms with Gasteiger partial charge in [0.2, 0.25) is 5.91 Å². The number of carboxylic acid groups (broad SMARTS) is 1. The lowest BCUT2D eigenvalue weighted by atomic mass is 10.1. The summed E-state index contributed by atoms with van der Waals surface area (Å²) in [4.78, 5) is 22.7. The molecule has 6 nitrogen and oxygen atoms in total. The van der Waals surface area contributed by atoms with Crippen LogP contribution in [0.4, 0.5) is 0 Å². The summed E-state index contributed by atoms with van der Waals surface area (Å²) in [5.41, 5.74) is 5.59. The normalized spacial score (nSPS) is 14.6. The maximum atomic E-state index is 11.8. The second-order valence-electron chi connectivity index (χ2n) is 5.01. The van der Waals surface area contributed by atoms with Gasteiger partial charge in [-0.3, -0.25) is 9.59 Å². The van der Waals surface area contributed by atoms with E-state index in [1.165, 1.54) is 11.8 Å². The maximum absolute atomic E-state index is 11.8. The van der Waals surface area contributed by atoms with Crippen molar-refractivity contribution in [3.05, 3.63) is 24.2 Å². The molecule has 1 unspecified atom stereocenters. The van der Waals surface area contributed by atoms with Crippen LogP contribution in [0, 0.1) is 0 Å². The van der Waals surface area contributed by atoms with E-state index in [4.69, 9.17) is 15.3 Å². The number of carbonyl (C=O) groups excluding carboxylic acids is 1. The average Bonchev–Trinajstić information content (AvgIpc) is 2.89. The first-order chi connectivity index (χ1) is 9.24. The number of hydrogen-bond donors (Lipinski definition) is 3. The van der Waals surface area contributed by atoms with Gasteiger partial charge in [-0.2, -0.15) is 0 Å². The van der Waals surface area contributed by atoms with Crippen molar-refractivity contribution in [3.63, 3.8) is 0 Å². The number of thioether (sulfide) groups is 1. The Bertz CT molecular complexity index is 459. The molecular weight excluding hydrogens is 280 g/mol. The van der Waals surface area contributed by atoms with Gasteiger partial charge in [-0.15, -0.1) is 11.8 Å². The lowest BCUT2D eigenvalue weighted by Gasteiger charge is -2.27. The fourth-order valence-corrected chi connectivity index (χ4v) is 2.40. The molecule has 0 aromatic carbocycles. The summed E-state index contributed by atoms with van der Waals surface area (Å²) in [7, 11) is 0. The molecule has 4 N–H and O–H groups in total. The highest BCUT2D eigenvalue weighted by molar-refractivity contribution is 8.01. The summed E-state index contributed by atoms with van der Waals surface area (Å²) in [5, 5.41) is 11.7. The third kappa shape index (κ3) is 4.57. The highest BCUT2D eigenvalue weighted by Crippen LogP contribution is 2.27. The quantitative estimate of drug-likeness (QED) is 0.702. The number of nitrogens with one attached hydrogen (secondary N) is 1. The molecule has 0 bridgehead atoms. The van der Waals surface area contributed by atoms with Crippen LogP contribution in [-0.2, 0) is 9.59 Å². The van der Waals surface area contributed by atoms with Gasteiger partial charge in [0.25, 0.3) is 0 Å². The van der Waals surface area contributed by atoms with E-state index in [0.29, 0.717) is 5.76 Å². The van der Waals surface area contributed by atoms with E-state index in [1.54, 1.807) is 32.2 Å². The molecule has 0 aliphatic heterocycles. The molecule has 1 amide bonds. The Morgan fingerprint density at radius 1 is 1.55 bits per heavy atom. The number of hydrogen-bond acceptors (Lipinski definition) is 5. The van der Waals surface area contributed by atoms with E-state index in [2.05, 4.69) is 5.32 Å². The zero-order valence-corrected chi connectivity index (χ0v) is 12.6. The maximum Gasteiger partial charge on any atom is 0.321 e. The van der Waals surface area contributed by atoms with Gasteiger partial charge in [-0.05, 0) is 32.9 Å². The number of rotatable bonds is 7. The van der Waals surface area contributed by atoms with Crippen LogP contribution in [0.25, 0.3) is 0 Å². The van der Waals surface area contributed by atoms with Gasteiger partial charge in [0.1, 0.15) is 11.8 Å². The van der Waals surface area contributed by atoms with E-state index in [9.17, 15) is 9.59 Å². The van der Waals surface area contributed by atoms with Crippen molar-refractivity contribution in [1.82, 2.24) is 5.32 Å². The van der Waals surface area contributed by atoms with Crippen molar-refractivity contribution in [1.29, 1.82) is 0 Å². The highest BCUT2D eigenvalue weighted by Gasteiger charge is 2.33. The molecule has 0 aliphatic rings. The molecule has 1 aromatic rings. The number of furan rings is 1. The molecule has 1 heterocycles. The van der Waals surface area contributed by atoms with Crippen molar-refractivity contribution in [2.45, 2.75) is 37.6 Å². The van der Waals surface area contributed by atoms with Gasteiger partial charge in [-0.25, -0.2) is 0 Å². The van der Waals surface area contributed by atoms with Crippen LogP contribution in [0.1, 0.15) is 32.6 Å². The van der Waals surface area contributed by atoms with E-state index in [0.717, 1.165) is 0 Å². The molecule has 112 valence electrons. The van der Waals surface area contributed by atoms with Crippen LogP contribution < -0.4 is 11.1 Å². The van der Waals surface area contributed by atoms with Gasteiger partial charge >= 0.3 is 5.97 Å². The molecule has 0 spiro atoms. The fraction of sp³-hybridized carbons (Fsp3) is 0.538. The van der Waals surface area contributed by atoms with Crippen LogP contribution in [0.5, 0.6) is 0 Å². The van der Waals surface area contributed by atoms with Crippen molar-refractivity contribution in [3.8, 4) is 0 Å². The fourth-order valence-electron chi connectivity index (χ4n) is 1.53. The van der Waals surface area contributed by atoms with Crippen molar-refractivity contribution in [2.75, 3.05) is 5.75 Å². The summed E-state index contributed by atoms with van der Waals surface area (Å²) in [6.07, 6.45) is 1.54. The number of carbonyl (C=O) groups is 2. The SMILES string of the molecule is CC(NC(=O)CSC(C)(C)[C@@H](N)C(=O)O)c1ccco1. The Morgan fingerprint density at radius 2 is 2.20 bits per heavy atom. The second kappa shape index (κ2) is 6.81. The summed E-state index contributed by atoms with van der Waals surface area (Å²) >= 11 is 1.21. The van der Waals surface area contributed by atoms with Crippen LogP contribution in [-0.4, -0.2) is 33.5 Å². The largest absolute Gasteiger partial charge is 0.480 e. The van der Waals surface area contributed by atoms with E-state index in [-0.39, 0.29) is 17.7 Å². The zero-order valence-electron chi connectivity index (χ0n) is 11.8. The average molecular weight is 300 g/mol. The monoisotopic (exact) mass is 300 g/mol. The minimum atomic E-state index is -1.08. The van der Waals surface area contributed by atoms with Crippen LogP contribution in [0.2, 0.25) is 0 Å². The molecule has 2 atom stereocenters. The number of amides is 1. The first-order valence-corrected chi connectivity index (χ1v) is 7.17. The molecule has 1 rings (SSSR count). The number of carboxylic acids is 1. The third-order valence-corrected chi connectivity index (χ3v) is 4.34. The predicted molar refractivity (Wildman–Crippen MR) is 77.4 cm³/mol. The van der Waals surface area contributed by atoms with E-state index >= 15 is 0 Å². The van der Waals surface area contributed by atoms with Crippen LogP contribution in [0.3, 0.4) is 0 Å². The van der Waals surface area contributed by atoms with Gasteiger partial charge in [0.15, 0.2) is 0 Å². The molecule has 0 radical (unpaired) electrons. The first-order valence-electron chi connectivity index (χ1n) is 6.19. The third-order valence-electron chi connectivity index (χ3n) is 2.94. The molecule has 1 aromatic heterocycles. The van der Waals surface area contributed by atoms with E-state index < -0.39 is 16.8 Å². The Labute approximate surface area is 122 Å². The van der Waals surface area contributed by atoms with E-state index in [1.807, 2.05) is 6.92 Å². The van der Waals surface area contributed by atoms with Crippen molar-refractivity contribution in [2.24, 2.45) is 5.73 Å². The second-order valence-corrected chi connectivity index (χ2v) is 6.64. The first kappa shape index (κ1) is 16.6. The Balaban J connectivity index is 2.45. The summed E-state index contributed by atoms with van der Waals surface area (Å²) in [6.45, 7) is 5.23. The Kier molecular flexibility index (Phi) is 5.64. The zero-order chi connectivity index (χ0) is 15.3. The molecule has 7 heteroatoms. The van der Waals surface area contributed by atoms with Crippen LogP contribution in [0.15, 0.2) is 22.8 Å². The minimum Gasteiger partial charge on any atom is -0.480 e. The van der Waals surface area contributed by atoms with Gasteiger partial charge < -0.3 is 20.6 Å². The van der Waals surface area contributed by atoms with Gasteiger partial charge in [0.05, 0.1) is 18.1 Å². The van der Waals surface area contributed by atoms with Crippen molar-refractivity contribution >= 4 is 23.6 Å². The molecule has 20 heavy (non-hydrogen) atoms. The van der Waals surface area contributed by atoms with Gasteiger partial charge in [0, 0.05) is 4.75 Å². The Morgan fingerprint density at radius 3 is 2.70 bits per heavy atom. The number of aliphatic carboxylic acids is 1. The summed E-state index contributed by atoms with van der Waals surface area (Å²) in [5.74, 6) is -0.458. The smallest absolute Gasteiger partial charge is 0.321 e. The molecule has 0 saturated carbocycles. The predicted octanol–water partition coefficient (Wildman–Crippen LogP) is 1.38. The highest BCUT2D eigenvalue weighted by atomic mass is 32.2. The Hall–Kier alpha value is -1.47. The minimum absolute atomic E-state index is 0.138. The molecule has 0 saturated heterocycles. The topological polar surface area (TPSA) is 106 Å². The van der Waals surface area contributed by atoms with Crippen LogP contribution >= 0.6 is 11.8 Å². The summed E-state index contributed by atoms with van der Waals surface area (Å²) in [6, 6.07) is 2.28. The molecular formula is C13H20N2O4S. The van der Waals surface area contributed by atoms with Crippen molar-refractivity contribution < 1.29 is 19.1 Å². The number of nitrogens with two attached hydrogens (primary N) is 1.